The molecule has 1 N–H and O–H groups in total. The van der Waals surface area contributed by atoms with Crippen molar-refractivity contribution in [2.75, 3.05) is 0 Å². The van der Waals surface area contributed by atoms with E-state index < -0.39 is 11.4 Å². The lowest BCUT2D eigenvalue weighted by atomic mass is 9.68. The molecule has 2 rings (SSSR count). The quantitative estimate of drug-likeness (QED) is 0.873. The maximum absolute atomic E-state index is 11.6. The molecule has 1 heterocycles. The van der Waals surface area contributed by atoms with Crippen LogP contribution in [0.3, 0.4) is 0 Å². The van der Waals surface area contributed by atoms with Crippen molar-refractivity contribution in [1.29, 1.82) is 0 Å². The SMILES string of the molecule is CC1CCC(Cc2ccncc2)(C(=O)O)CC1. The van der Waals surface area contributed by atoms with E-state index in [4.69, 9.17) is 0 Å². The van der Waals surface area contributed by atoms with Crippen LogP contribution in [0.25, 0.3) is 0 Å². The minimum absolute atomic E-state index is 0.548. The number of hydrogen-bond donors (Lipinski definition) is 1. The summed E-state index contributed by atoms with van der Waals surface area (Å²) in [4.78, 5) is 15.5. The van der Waals surface area contributed by atoms with Gasteiger partial charge in [0.15, 0.2) is 0 Å². The summed E-state index contributed by atoms with van der Waals surface area (Å²) < 4.78 is 0. The van der Waals surface area contributed by atoms with Crippen molar-refractivity contribution >= 4 is 5.97 Å². The Kier molecular flexibility index (Phi) is 3.46. The molecule has 0 aliphatic heterocycles. The van der Waals surface area contributed by atoms with Crippen LogP contribution in [-0.4, -0.2) is 16.1 Å². The molecule has 1 aromatic heterocycles. The number of hydrogen-bond acceptors (Lipinski definition) is 2. The number of carboxylic acids is 1. The van der Waals surface area contributed by atoms with Crippen LogP contribution < -0.4 is 0 Å². The molecule has 1 saturated carbocycles. The van der Waals surface area contributed by atoms with Gasteiger partial charge in [-0.15, -0.1) is 0 Å². The van der Waals surface area contributed by atoms with Crippen molar-refractivity contribution in [2.45, 2.75) is 39.0 Å². The monoisotopic (exact) mass is 233 g/mol. The first kappa shape index (κ1) is 12.1. The summed E-state index contributed by atoms with van der Waals surface area (Å²) in [7, 11) is 0. The topological polar surface area (TPSA) is 50.2 Å². The molecule has 0 unspecified atom stereocenters. The Bertz CT molecular complexity index is 380. The van der Waals surface area contributed by atoms with Gasteiger partial charge in [0.05, 0.1) is 5.41 Å². The molecule has 0 amide bonds. The molecule has 1 fully saturated rings. The van der Waals surface area contributed by atoms with Crippen LogP contribution >= 0.6 is 0 Å². The van der Waals surface area contributed by atoms with E-state index in [2.05, 4.69) is 11.9 Å². The second-order valence-electron chi connectivity index (χ2n) is 5.30. The second-order valence-corrected chi connectivity index (χ2v) is 5.30. The van der Waals surface area contributed by atoms with E-state index in [9.17, 15) is 9.90 Å². The minimum atomic E-state index is -0.638. The summed E-state index contributed by atoms with van der Waals surface area (Å²) >= 11 is 0. The molecule has 3 heteroatoms. The fourth-order valence-electron chi connectivity index (χ4n) is 2.67. The lowest BCUT2D eigenvalue weighted by Gasteiger charge is -2.35. The van der Waals surface area contributed by atoms with Crippen molar-refractivity contribution in [1.82, 2.24) is 4.98 Å². The average molecular weight is 233 g/mol. The Balaban J connectivity index is 2.15. The van der Waals surface area contributed by atoms with Crippen LogP contribution in [0.2, 0.25) is 0 Å². The molecule has 1 aliphatic carbocycles. The maximum Gasteiger partial charge on any atom is 0.309 e. The van der Waals surface area contributed by atoms with Crippen LogP contribution in [0.4, 0.5) is 0 Å². The van der Waals surface area contributed by atoms with Gasteiger partial charge in [-0.2, -0.15) is 0 Å². The molecule has 0 bridgehead atoms. The van der Waals surface area contributed by atoms with Gasteiger partial charge in [0, 0.05) is 12.4 Å². The minimum Gasteiger partial charge on any atom is -0.481 e. The molecule has 17 heavy (non-hydrogen) atoms. The number of rotatable bonds is 3. The molecule has 1 aromatic rings. The van der Waals surface area contributed by atoms with Crippen molar-refractivity contribution in [3.8, 4) is 0 Å². The zero-order valence-corrected chi connectivity index (χ0v) is 10.2. The number of carboxylic acid groups (broad SMARTS) is 1. The molecular weight excluding hydrogens is 214 g/mol. The highest BCUT2D eigenvalue weighted by molar-refractivity contribution is 5.75. The zero-order valence-electron chi connectivity index (χ0n) is 10.2. The number of pyridine rings is 1. The average Bonchev–Trinajstić information content (AvgIpc) is 2.33. The third-order valence-corrected chi connectivity index (χ3v) is 3.98. The Morgan fingerprint density at radius 3 is 2.53 bits per heavy atom. The van der Waals surface area contributed by atoms with Crippen LogP contribution in [0.1, 0.15) is 38.2 Å². The van der Waals surface area contributed by atoms with Crippen molar-refractivity contribution < 1.29 is 9.90 Å². The fraction of sp³-hybridized carbons (Fsp3) is 0.571. The molecule has 92 valence electrons. The van der Waals surface area contributed by atoms with Crippen LogP contribution in [-0.2, 0) is 11.2 Å². The summed E-state index contributed by atoms with van der Waals surface area (Å²) in [6, 6.07) is 3.84. The number of aromatic nitrogens is 1. The van der Waals surface area contributed by atoms with Gasteiger partial charge in [-0.3, -0.25) is 9.78 Å². The van der Waals surface area contributed by atoms with Gasteiger partial charge in [-0.05, 0) is 55.7 Å². The molecule has 0 atom stereocenters. The van der Waals surface area contributed by atoms with Gasteiger partial charge in [0.2, 0.25) is 0 Å². The van der Waals surface area contributed by atoms with Gasteiger partial charge in [-0.1, -0.05) is 6.92 Å². The molecular formula is C14H19NO2. The normalized spacial score (nSPS) is 28.9. The predicted octanol–water partition coefficient (Wildman–Crippen LogP) is 2.91. The van der Waals surface area contributed by atoms with Crippen molar-refractivity contribution in [3.05, 3.63) is 30.1 Å². The van der Waals surface area contributed by atoms with Crippen LogP contribution in [0.15, 0.2) is 24.5 Å². The third kappa shape index (κ3) is 2.65. The maximum atomic E-state index is 11.6. The van der Waals surface area contributed by atoms with E-state index in [1.807, 2.05) is 12.1 Å². The van der Waals surface area contributed by atoms with Gasteiger partial charge in [-0.25, -0.2) is 0 Å². The first-order valence-corrected chi connectivity index (χ1v) is 6.25. The summed E-state index contributed by atoms with van der Waals surface area (Å²) in [5.41, 5.74) is 0.533. The molecule has 1 aliphatic rings. The zero-order chi connectivity index (χ0) is 12.3. The van der Waals surface area contributed by atoms with Crippen LogP contribution in [0, 0.1) is 11.3 Å². The second kappa shape index (κ2) is 4.86. The van der Waals surface area contributed by atoms with Gasteiger partial charge < -0.3 is 5.11 Å². The standard InChI is InChI=1S/C14H19NO2/c1-11-2-6-14(7-3-11,13(16)17)10-12-4-8-15-9-5-12/h4-5,8-9,11H,2-3,6-7,10H2,1H3,(H,16,17). The predicted molar refractivity (Wildman–Crippen MR) is 65.6 cm³/mol. The lowest BCUT2D eigenvalue weighted by Crippen LogP contribution is -2.37. The Morgan fingerprint density at radius 1 is 1.41 bits per heavy atom. The van der Waals surface area contributed by atoms with E-state index in [1.54, 1.807) is 12.4 Å². The van der Waals surface area contributed by atoms with E-state index in [-0.39, 0.29) is 0 Å². The molecule has 0 radical (unpaired) electrons. The van der Waals surface area contributed by atoms with E-state index in [0.29, 0.717) is 12.3 Å². The van der Waals surface area contributed by atoms with Gasteiger partial charge >= 0.3 is 5.97 Å². The molecule has 0 spiro atoms. The van der Waals surface area contributed by atoms with Gasteiger partial charge in [0.1, 0.15) is 0 Å². The largest absolute Gasteiger partial charge is 0.481 e. The Morgan fingerprint density at radius 2 is 2.00 bits per heavy atom. The van der Waals surface area contributed by atoms with Gasteiger partial charge in [0.25, 0.3) is 0 Å². The van der Waals surface area contributed by atoms with E-state index >= 15 is 0 Å². The molecule has 3 nitrogen and oxygen atoms in total. The summed E-state index contributed by atoms with van der Waals surface area (Å²) in [5.74, 6) is 0.0288. The molecule has 0 saturated heterocycles. The molecule has 0 aromatic carbocycles. The summed E-state index contributed by atoms with van der Waals surface area (Å²) in [6.45, 7) is 2.21. The highest BCUT2D eigenvalue weighted by Gasteiger charge is 2.41. The Hall–Kier alpha value is -1.38. The third-order valence-electron chi connectivity index (χ3n) is 3.98. The van der Waals surface area contributed by atoms with Crippen molar-refractivity contribution in [2.24, 2.45) is 11.3 Å². The van der Waals surface area contributed by atoms with Crippen molar-refractivity contribution in [3.63, 3.8) is 0 Å². The highest BCUT2D eigenvalue weighted by atomic mass is 16.4. The van der Waals surface area contributed by atoms with Crippen LogP contribution in [0.5, 0.6) is 0 Å². The summed E-state index contributed by atoms with van der Waals surface area (Å²) in [6.07, 6.45) is 7.75. The summed E-state index contributed by atoms with van der Waals surface area (Å²) in [5, 5.41) is 9.52. The first-order chi connectivity index (χ1) is 8.12. The number of carbonyl (C=O) groups is 1. The van der Waals surface area contributed by atoms with E-state index in [1.165, 1.54) is 0 Å². The number of aliphatic carboxylic acids is 1. The first-order valence-electron chi connectivity index (χ1n) is 6.25. The highest BCUT2D eigenvalue weighted by Crippen LogP contribution is 2.41. The smallest absolute Gasteiger partial charge is 0.309 e. The lowest BCUT2D eigenvalue weighted by molar-refractivity contribution is -0.151. The van der Waals surface area contributed by atoms with E-state index in [0.717, 1.165) is 31.2 Å². The Labute approximate surface area is 102 Å². The number of nitrogens with zero attached hydrogens (tertiary/aromatic N) is 1. The fourth-order valence-corrected chi connectivity index (χ4v) is 2.67.